The van der Waals surface area contributed by atoms with Crippen molar-refractivity contribution in [1.82, 2.24) is 14.5 Å². The van der Waals surface area contributed by atoms with Gasteiger partial charge in [-0.1, -0.05) is 42.1 Å². The molecule has 1 N–H and O–H groups in total. The number of thiazole rings is 1. The zero-order valence-electron chi connectivity index (χ0n) is 17.2. The number of carbonyl (C=O) groups excluding carboxylic acids is 1. The topological polar surface area (TPSA) is 69.0 Å². The molecule has 2 aromatic carbocycles. The predicted octanol–water partition coefficient (Wildman–Crippen LogP) is 5.10. The van der Waals surface area contributed by atoms with Gasteiger partial charge in [0.05, 0.1) is 37.0 Å². The molecule has 4 rings (SSSR count). The van der Waals surface area contributed by atoms with E-state index in [2.05, 4.69) is 32.0 Å². The Balaban J connectivity index is 1.55. The van der Waals surface area contributed by atoms with Gasteiger partial charge in [-0.25, -0.2) is 9.97 Å². The first-order valence-electron chi connectivity index (χ1n) is 9.71. The van der Waals surface area contributed by atoms with Gasteiger partial charge in [0.2, 0.25) is 5.91 Å². The lowest BCUT2D eigenvalue weighted by Gasteiger charge is -2.12. The van der Waals surface area contributed by atoms with Crippen LogP contribution in [0.3, 0.4) is 0 Å². The molecule has 0 spiro atoms. The molecule has 1 amide bonds. The summed E-state index contributed by atoms with van der Waals surface area (Å²) in [4.78, 5) is 21.3. The number of rotatable bonds is 8. The maximum Gasteiger partial charge on any atom is 0.236 e. The lowest BCUT2D eigenvalue weighted by atomic mass is 10.1. The summed E-state index contributed by atoms with van der Waals surface area (Å²) in [6, 6.07) is 18.1. The summed E-state index contributed by atoms with van der Waals surface area (Å²) in [5.41, 5.74) is 4.10. The highest BCUT2D eigenvalue weighted by molar-refractivity contribution is 7.99. The number of carbonyl (C=O) groups is 1. The van der Waals surface area contributed by atoms with Crippen LogP contribution in [-0.4, -0.2) is 33.3 Å². The minimum Gasteiger partial charge on any atom is -0.497 e. The normalized spacial score (nSPS) is 10.8. The van der Waals surface area contributed by atoms with Gasteiger partial charge in [-0.2, -0.15) is 0 Å². The van der Waals surface area contributed by atoms with E-state index >= 15 is 0 Å². The van der Waals surface area contributed by atoms with Gasteiger partial charge in [0.1, 0.15) is 5.75 Å². The van der Waals surface area contributed by atoms with E-state index in [9.17, 15) is 4.79 Å². The number of aryl methyl sites for hydroxylation is 1. The standard InChI is InChI=1S/C23H22N4O2S2/c1-16-14-30-22(25-16)26-21(28)15-31-23-24-12-20(18-8-10-19(29-2)11-9-18)27(23)13-17-6-4-3-5-7-17/h3-12,14H,13,15H2,1-2H3,(H,25,26,28). The predicted molar refractivity (Wildman–Crippen MR) is 126 cm³/mol. The van der Waals surface area contributed by atoms with Crippen molar-refractivity contribution >= 4 is 34.1 Å². The molecule has 0 atom stereocenters. The fourth-order valence-corrected chi connectivity index (χ4v) is 4.56. The van der Waals surface area contributed by atoms with Crippen LogP contribution >= 0.6 is 23.1 Å². The Bertz CT molecular complexity index is 1150. The largest absolute Gasteiger partial charge is 0.497 e. The Morgan fingerprint density at radius 2 is 1.94 bits per heavy atom. The average Bonchev–Trinajstić information content (AvgIpc) is 3.38. The average molecular weight is 451 g/mol. The molecule has 8 heteroatoms. The van der Waals surface area contributed by atoms with Gasteiger partial charge in [-0.3, -0.25) is 4.79 Å². The molecule has 0 unspecified atom stereocenters. The molecule has 0 aliphatic rings. The maximum absolute atomic E-state index is 12.4. The highest BCUT2D eigenvalue weighted by Crippen LogP contribution is 2.29. The molecule has 0 saturated heterocycles. The summed E-state index contributed by atoms with van der Waals surface area (Å²) >= 11 is 2.84. The third kappa shape index (κ3) is 5.34. The third-order valence-electron chi connectivity index (χ3n) is 4.59. The lowest BCUT2D eigenvalue weighted by molar-refractivity contribution is -0.113. The number of hydrogen-bond acceptors (Lipinski definition) is 6. The Labute approximate surface area is 189 Å². The second kappa shape index (κ2) is 9.80. The third-order valence-corrected chi connectivity index (χ3v) is 6.45. The van der Waals surface area contributed by atoms with Crippen LogP contribution in [0.1, 0.15) is 11.3 Å². The van der Waals surface area contributed by atoms with Gasteiger partial charge in [-0.05, 0) is 36.8 Å². The number of nitrogens with zero attached hydrogens (tertiary/aromatic N) is 3. The number of imidazole rings is 1. The van der Waals surface area contributed by atoms with Gasteiger partial charge in [0, 0.05) is 10.9 Å². The van der Waals surface area contributed by atoms with Crippen molar-refractivity contribution in [3.63, 3.8) is 0 Å². The van der Waals surface area contributed by atoms with E-state index in [1.54, 1.807) is 7.11 Å². The number of benzene rings is 2. The molecule has 0 bridgehead atoms. The number of amides is 1. The first-order valence-corrected chi connectivity index (χ1v) is 11.6. The van der Waals surface area contributed by atoms with Gasteiger partial charge < -0.3 is 14.6 Å². The van der Waals surface area contributed by atoms with Crippen molar-refractivity contribution in [3.05, 3.63) is 77.4 Å². The number of hydrogen-bond donors (Lipinski definition) is 1. The second-order valence-electron chi connectivity index (χ2n) is 6.86. The number of aromatic nitrogens is 3. The van der Waals surface area contributed by atoms with E-state index in [0.717, 1.165) is 27.9 Å². The first kappa shape index (κ1) is 21.1. The van der Waals surface area contributed by atoms with E-state index in [0.29, 0.717) is 11.7 Å². The van der Waals surface area contributed by atoms with Crippen LogP contribution in [0.2, 0.25) is 0 Å². The second-order valence-corrected chi connectivity index (χ2v) is 8.66. The summed E-state index contributed by atoms with van der Waals surface area (Å²) in [5.74, 6) is 0.966. The number of ether oxygens (including phenoxy) is 1. The zero-order valence-corrected chi connectivity index (χ0v) is 18.9. The molecule has 0 fully saturated rings. The van der Waals surface area contributed by atoms with Crippen molar-refractivity contribution < 1.29 is 9.53 Å². The van der Waals surface area contributed by atoms with Crippen molar-refractivity contribution in [2.75, 3.05) is 18.2 Å². The van der Waals surface area contributed by atoms with Crippen LogP contribution in [0, 0.1) is 6.92 Å². The summed E-state index contributed by atoms with van der Waals surface area (Å²) in [7, 11) is 1.65. The van der Waals surface area contributed by atoms with E-state index in [1.807, 2.05) is 61.0 Å². The first-order chi connectivity index (χ1) is 15.1. The molecular weight excluding hydrogens is 428 g/mol. The van der Waals surface area contributed by atoms with Gasteiger partial charge in [-0.15, -0.1) is 11.3 Å². The fraction of sp³-hybridized carbons (Fsp3) is 0.174. The van der Waals surface area contributed by atoms with E-state index < -0.39 is 0 Å². The van der Waals surface area contributed by atoms with E-state index in [1.165, 1.54) is 28.7 Å². The molecule has 0 aliphatic carbocycles. The highest BCUT2D eigenvalue weighted by Gasteiger charge is 2.15. The van der Waals surface area contributed by atoms with Gasteiger partial charge in [0.25, 0.3) is 0 Å². The summed E-state index contributed by atoms with van der Waals surface area (Å²) in [6.07, 6.45) is 1.86. The molecule has 158 valence electrons. The van der Waals surface area contributed by atoms with Crippen LogP contribution in [-0.2, 0) is 11.3 Å². The lowest BCUT2D eigenvalue weighted by Crippen LogP contribution is -2.14. The van der Waals surface area contributed by atoms with Gasteiger partial charge in [0.15, 0.2) is 10.3 Å². The monoisotopic (exact) mass is 450 g/mol. The smallest absolute Gasteiger partial charge is 0.236 e. The fourth-order valence-electron chi connectivity index (χ4n) is 3.08. The van der Waals surface area contributed by atoms with E-state index in [4.69, 9.17) is 4.74 Å². The molecular formula is C23H22N4O2S2. The zero-order chi connectivity index (χ0) is 21.6. The summed E-state index contributed by atoms with van der Waals surface area (Å²) in [6.45, 7) is 2.57. The van der Waals surface area contributed by atoms with Crippen molar-refractivity contribution in [1.29, 1.82) is 0 Å². The number of nitrogens with one attached hydrogen (secondary N) is 1. The maximum atomic E-state index is 12.4. The van der Waals surface area contributed by atoms with Crippen LogP contribution in [0.5, 0.6) is 5.75 Å². The Hall–Kier alpha value is -3.10. The van der Waals surface area contributed by atoms with Gasteiger partial charge >= 0.3 is 0 Å². The summed E-state index contributed by atoms with van der Waals surface area (Å²) < 4.78 is 7.42. The minimum absolute atomic E-state index is 0.0976. The van der Waals surface area contributed by atoms with Crippen molar-refractivity contribution in [2.45, 2.75) is 18.6 Å². The van der Waals surface area contributed by atoms with Crippen molar-refractivity contribution in [3.8, 4) is 17.0 Å². The molecule has 4 aromatic rings. The van der Waals surface area contributed by atoms with Crippen molar-refractivity contribution in [2.24, 2.45) is 0 Å². The molecule has 0 aliphatic heterocycles. The minimum atomic E-state index is -0.0976. The quantitative estimate of drug-likeness (QED) is 0.378. The number of thioether (sulfide) groups is 1. The van der Waals surface area contributed by atoms with Crippen LogP contribution < -0.4 is 10.1 Å². The molecule has 2 heterocycles. The molecule has 0 saturated carbocycles. The molecule has 2 aromatic heterocycles. The van der Waals surface area contributed by atoms with Crippen LogP contribution in [0.25, 0.3) is 11.3 Å². The molecule has 6 nitrogen and oxygen atoms in total. The molecule has 0 radical (unpaired) electrons. The highest BCUT2D eigenvalue weighted by atomic mass is 32.2. The number of methoxy groups -OCH3 is 1. The van der Waals surface area contributed by atoms with Crippen LogP contribution in [0.15, 0.2) is 71.3 Å². The van der Waals surface area contributed by atoms with E-state index in [-0.39, 0.29) is 11.7 Å². The Morgan fingerprint density at radius 1 is 1.16 bits per heavy atom. The Morgan fingerprint density at radius 3 is 2.61 bits per heavy atom. The van der Waals surface area contributed by atoms with Crippen LogP contribution in [0.4, 0.5) is 5.13 Å². The SMILES string of the molecule is COc1ccc(-c2cnc(SCC(=O)Nc3nc(C)cs3)n2Cc2ccccc2)cc1. The molecule has 31 heavy (non-hydrogen) atoms. The summed E-state index contributed by atoms with van der Waals surface area (Å²) in [5, 5.41) is 6.18. The Kier molecular flexibility index (Phi) is 6.69. The number of anilines is 1.